The van der Waals surface area contributed by atoms with Gasteiger partial charge in [0, 0.05) is 11.9 Å². The van der Waals surface area contributed by atoms with Gasteiger partial charge in [0.25, 0.3) is 0 Å². The smallest absolute Gasteiger partial charge is 0.326 e. The van der Waals surface area contributed by atoms with Gasteiger partial charge in [-0.1, -0.05) is 18.2 Å². The molecule has 0 saturated carbocycles. The van der Waals surface area contributed by atoms with Crippen LogP contribution < -0.4 is 5.32 Å². The average molecular weight is 255 g/mol. The van der Waals surface area contributed by atoms with E-state index in [1.807, 2.05) is 6.07 Å². The number of aryl methyl sites for hydroxylation is 1. The molecule has 6 heteroatoms. The van der Waals surface area contributed by atoms with Gasteiger partial charge >= 0.3 is 6.18 Å². The lowest BCUT2D eigenvalue weighted by Gasteiger charge is -2.11. The first kappa shape index (κ1) is 12.5. The Bertz CT molecular complexity index is 517. The summed E-state index contributed by atoms with van der Waals surface area (Å²) in [4.78, 5) is 4.04. The summed E-state index contributed by atoms with van der Waals surface area (Å²) in [6.45, 7) is 0.603. The van der Waals surface area contributed by atoms with Crippen LogP contribution >= 0.6 is 0 Å². The fraction of sp³-hybridized carbons (Fsp3) is 0.250. The first-order valence-electron chi connectivity index (χ1n) is 5.37. The number of anilines is 2. The Kier molecular flexibility index (Phi) is 3.27. The van der Waals surface area contributed by atoms with Crippen LogP contribution in [0, 0.1) is 6.92 Å². The third-order valence-corrected chi connectivity index (χ3v) is 2.28. The molecule has 0 saturated heterocycles. The van der Waals surface area contributed by atoms with E-state index in [1.54, 1.807) is 31.2 Å². The molecule has 0 aliphatic carbocycles. The van der Waals surface area contributed by atoms with Crippen molar-refractivity contribution in [1.29, 1.82) is 0 Å². The largest absolute Gasteiger partial charge is 0.406 e. The van der Waals surface area contributed by atoms with Gasteiger partial charge in [0.2, 0.25) is 5.95 Å². The zero-order valence-electron chi connectivity index (χ0n) is 9.70. The minimum Gasteiger partial charge on any atom is -0.326 e. The summed E-state index contributed by atoms with van der Waals surface area (Å²) in [5, 5.41) is 2.87. The fourth-order valence-corrected chi connectivity index (χ4v) is 1.61. The summed E-state index contributed by atoms with van der Waals surface area (Å²) in [5.74, 6) is 0.191. The number of rotatable bonds is 3. The number of imidazole rings is 1. The number of para-hydroxylation sites is 1. The van der Waals surface area contributed by atoms with E-state index in [-0.39, 0.29) is 5.95 Å². The van der Waals surface area contributed by atoms with Gasteiger partial charge in [-0.05, 0) is 19.1 Å². The molecule has 0 aliphatic rings. The highest BCUT2D eigenvalue weighted by Gasteiger charge is 2.29. The highest BCUT2D eigenvalue weighted by Crippen LogP contribution is 2.22. The van der Waals surface area contributed by atoms with Crippen LogP contribution in [0.5, 0.6) is 0 Å². The van der Waals surface area contributed by atoms with Gasteiger partial charge in [0.1, 0.15) is 6.54 Å². The predicted octanol–water partition coefficient (Wildman–Crippen LogP) is 3.50. The molecule has 0 atom stereocenters. The van der Waals surface area contributed by atoms with Crippen molar-refractivity contribution in [3.63, 3.8) is 0 Å². The third-order valence-electron chi connectivity index (χ3n) is 2.28. The van der Waals surface area contributed by atoms with E-state index in [0.717, 1.165) is 4.57 Å². The number of halogens is 3. The molecule has 3 nitrogen and oxygen atoms in total. The summed E-state index contributed by atoms with van der Waals surface area (Å²) in [5.41, 5.74) is 1.24. The van der Waals surface area contributed by atoms with Crippen LogP contribution in [0.4, 0.5) is 24.8 Å². The second kappa shape index (κ2) is 4.72. The van der Waals surface area contributed by atoms with Crippen molar-refractivity contribution >= 4 is 11.6 Å². The van der Waals surface area contributed by atoms with Crippen LogP contribution in [0.15, 0.2) is 36.5 Å². The van der Waals surface area contributed by atoms with Crippen molar-refractivity contribution in [2.45, 2.75) is 19.6 Å². The maximum atomic E-state index is 12.4. The number of hydrogen-bond donors (Lipinski definition) is 1. The number of alkyl halides is 3. The van der Waals surface area contributed by atoms with Gasteiger partial charge in [-0.15, -0.1) is 0 Å². The minimum atomic E-state index is -4.26. The van der Waals surface area contributed by atoms with Crippen molar-refractivity contribution in [3.8, 4) is 0 Å². The van der Waals surface area contributed by atoms with E-state index in [9.17, 15) is 13.2 Å². The number of benzene rings is 1. The Morgan fingerprint density at radius 1 is 1.22 bits per heavy atom. The average Bonchev–Trinajstić information content (AvgIpc) is 2.57. The van der Waals surface area contributed by atoms with Crippen LogP contribution in [0.2, 0.25) is 0 Å². The lowest BCUT2D eigenvalue weighted by molar-refractivity contribution is -0.140. The van der Waals surface area contributed by atoms with Gasteiger partial charge in [0.05, 0.1) is 5.69 Å². The number of nitrogens with zero attached hydrogens (tertiary/aromatic N) is 2. The Hall–Kier alpha value is -1.98. The van der Waals surface area contributed by atoms with Crippen LogP contribution in [0.1, 0.15) is 5.69 Å². The molecule has 0 unspecified atom stereocenters. The quantitative estimate of drug-likeness (QED) is 0.909. The zero-order valence-corrected chi connectivity index (χ0v) is 9.70. The Labute approximate surface area is 102 Å². The Morgan fingerprint density at radius 2 is 1.89 bits per heavy atom. The molecule has 0 radical (unpaired) electrons. The van der Waals surface area contributed by atoms with Gasteiger partial charge in [-0.25, -0.2) is 4.98 Å². The maximum Gasteiger partial charge on any atom is 0.406 e. The molecule has 0 bridgehead atoms. The van der Waals surface area contributed by atoms with Gasteiger partial charge in [-0.3, -0.25) is 0 Å². The summed E-state index contributed by atoms with van der Waals surface area (Å²) in [6.07, 6.45) is -2.89. The lowest BCUT2D eigenvalue weighted by Crippen LogP contribution is -2.18. The van der Waals surface area contributed by atoms with Crippen molar-refractivity contribution in [2.24, 2.45) is 0 Å². The van der Waals surface area contributed by atoms with Crippen LogP contribution in [0.25, 0.3) is 0 Å². The van der Waals surface area contributed by atoms with E-state index in [0.29, 0.717) is 11.4 Å². The summed E-state index contributed by atoms with van der Waals surface area (Å²) in [7, 11) is 0. The monoisotopic (exact) mass is 255 g/mol. The van der Waals surface area contributed by atoms with Gasteiger partial charge < -0.3 is 9.88 Å². The molecule has 0 aliphatic heterocycles. The Morgan fingerprint density at radius 3 is 2.50 bits per heavy atom. The van der Waals surface area contributed by atoms with E-state index >= 15 is 0 Å². The summed E-state index contributed by atoms with van der Waals surface area (Å²) >= 11 is 0. The maximum absolute atomic E-state index is 12.4. The molecule has 1 N–H and O–H groups in total. The summed E-state index contributed by atoms with van der Waals surface area (Å²) in [6, 6.07) is 8.96. The first-order valence-corrected chi connectivity index (χ1v) is 5.37. The molecule has 1 heterocycles. The van der Waals surface area contributed by atoms with Crippen molar-refractivity contribution in [3.05, 3.63) is 42.2 Å². The third kappa shape index (κ3) is 3.26. The normalized spacial score (nSPS) is 11.6. The Balaban J connectivity index is 2.23. The molecular weight excluding hydrogens is 243 g/mol. The number of hydrogen-bond acceptors (Lipinski definition) is 2. The summed E-state index contributed by atoms with van der Waals surface area (Å²) < 4.78 is 38.2. The fourth-order valence-electron chi connectivity index (χ4n) is 1.61. The van der Waals surface area contributed by atoms with Crippen molar-refractivity contribution in [2.75, 3.05) is 5.32 Å². The highest BCUT2D eigenvalue weighted by molar-refractivity contribution is 5.53. The standard InChI is InChI=1S/C12H12F3N3/c1-9-7-18(8-12(13,14)15)11(16-9)17-10-5-3-2-4-6-10/h2-7H,8H2,1H3,(H,16,17). The lowest BCUT2D eigenvalue weighted by atomic mass is 10.3. The molecule has 18 heavy (non-hydrogen) atoms. The van der Waals surface area contributed by atoms with Gasteiger partial charge in [-0.2, -0.15) is 13.2 Å². The molecule has 1 aromatic carbocycles. The number of aromatic nitrogens is 2. The van der Waals surface area contributed by atoms with Crippen LogP contribution in [0.3, 0.4) is 0 Å². The first-order chi connectivity index (χ1) is 8.44. The van der Waals surface area contributed by atoms with Crippen molar-refractivity contribution in [1.82, 2.24) is 9.55 Å². The van der Waals surface area contributed by atoms with Crippen LogP contribution in [-0.4, -0.2) is 15.7 Å². The van der Waals surface area contributed by atoms with E-state index in [2.05, 4.69) is 10.3 Å². The molecule has 0 amide bonds. The molecule has 2 aromatic rings. The molecule has 1 aromatic heterocycles. The van der Waals surface area contributed by atoms with Crippen LogP contribution in [-0.2, 0) is 6.54 Å². The molecule has 2 rings (SSSR count). The predicted molar refractivity (Wildman–Crippen MR) is 62.7 cm³/mol. The van der Waals surface area contributed by atoms with Crippen molar-refractivity contribution < 1.29 is 13.2 Å². The molecule has 0 spiro atoms. The SMILES string of the molecule is Cc1cn(CC(F)(F)F)c(Nc2ccccc2)n1. The van der Waals surface area contributed by atoms with E-state index in [4.69, 9.17) is 0 Å². The minimum absolute atomic E-state index is 0.191. The second-order valence-electron chi connectivity index (χ2n) is 3.94. The second-order valence-corrected chi connectivity index (χ2v) is 3.94. The molecule has 0 fully saturated rings. The zero-order chi connectivity index (χ0) is 13.2. The van der Waals surface area contributed by atoms with E-state index in [1.165, 1.54) is 6.20 Å². The molecular formula is C12H12F3N3. The topological polar surface area (TPSA) is 29.9 Å². The van der Waals surface area contributed by atoms with E-state index < -0.39 is 12.7 Å². The highest BCUT2D eigenvalue weighted by atomic mass is 19.4. The number of nitrogens with one attached hydrogen (secondary N) is 1. The van der Waals surface area contributed by atoms with Gasteiger partial charge in [0.15, 0.2) is 0 Å². The molecule has 96 valence electrons.